The molecule has 0 radical (unpaired) electrons. The summed E-state index contributed by atoms with van der Waals surface area (Å²) >= 11 is 0. The molecule has 0 spiro atoms. The van der Waals surface area contributed by atoms with Crippen LogP contribution in [0.25, 0.3) is 0 Å². The lowest BCUT2D eigenvalue weighted by Gasteiger charge is -2.13. The number of hydrogen-bond donors (Lipinski definition) is 2. The van der Waals surface area contributed by atoms with Gasteiger partial charge in [-0.2, -0.15) is 4.98 Å². The molecule has 16 heavy (non-hydrogen) atoms. The number of carbonyl (C=O) groups is 1. The van der Waals surface area contributed by atoms with Gasteiger partial charge in [0.25, 0.3) is 0 Å². The Morgan fingerprint density at radius 2 is 2.12 bits per heavy atom. The van der Waals surface area contributed by atoms with Crippen LogP contribution in [0, 0.1) is 0 Å². The molecule has 0 atom stereocenters. The molecule has 0 fully saturated rings. The van der Waals surface area contributed by atoms with Crippen molar-refractivity contribution in [2.24, 2.45) is 0 Å². The Labute approximate surface area is 93.5 Å². The molecule has 1 aromatic heterocycles. The van der Waals surface area contributed by atoms with Crippen LogP contribution in [-0.2, 0) is 11.2 Å². The number of nitrogens with zero attached hydrogens (tertiary/aromatic N) is 2. The minimum atomic E-state index is -0.950. The Balaban J connectivity index is 3.32. The maximum absolute atomic E-state index is 10.8. The predicted molar refractivity (Wildman–Crippen MR) is 58.4 cm³/mol. The van der Waals surface area contributed by atoms with Crippen LogP contribution in [0.4, 0.5) is 5.95 Å². The Hall–Kier alpha value is -1.85. The molecule has 0 saturated carbocycles. The normalized spacial score (nSPS) is 10.5. The number of anilines is 1. The molecule has 6 nitrogen and oxygen atoms in total. The van der Waals surface area contributed by atoms with Crippen LogP contribution < -0.4 is 10.5 Å². The van der Waals surface area contributed by atoms with Gasteiger partial charge in [0.2, 0.25) is 11.8 Å². The van der Waals surface area contributed by atoms with Crippen LogP contribution in [0.3, 0.4) is 0 Å². The van der Waals surface area contributed by atoms with Crippen LogP contribution in [0.2, 0.25) is 0 Å². The van der Waals surface area contributed by atoms with Gasteiger partial charge in [-0.3, -0.25) is 4.79 Å². The van der Waals surface area contributed by atoms with Crippen molar-refractivity contribution >= 4 is 11.9 Å². The minimum Gasteiger partial charge on any atom is -0.481 e. The molecule has 0 aliphatic carbocycles. The lowest BCUT2D eigenvalue weighted by molar-refractivity contribution is -0.136. The van der Waals surface area contributed by atoms with Crippen molar-refractivity contribution in [2.45, 2.75) is 26.2 Å². The Morgan fingerprint density at radius 1 is 1.50 bits per heavy atom. The fourth-order valence-corrected chi connectivity index (χ4v) is 1.46. The highest BCUT2D eigenvalue weighted by Crippen LogP contribution is 2.26. The molecule has 88 valence electrons. The van der Waals surface area contributed by atoms with Gasteiger partial charge in [-0.05, 0) is 5.92 Å². The molecule has 0 aliphatic heterocycles. The van der Waals surface area contributed by atoms with Gasteiger partial charge in [0.1, 0.15) is 0 Å². The topological polar surface area (TPSA) is 98.3 Å². The van der Waals surface area contributed by atoms with E-state index in [4.69, 9.17) is 15.6 Å². The van der Waals surface area contributed by atoms with Gasteiger partial charge < -0.3 is 15.6 Å². The Morgan fingerprint density at radius 3 is 2.56 bits per heavy atom. The third-order valence-corrected chi connectivity index (χ3v) is 2.09. The van der Waals surface area contributed by atoms with E-state index in [9.17, 15) is 4.79 Å². The summed E-state index contributed by atoms with van der Waals surface area (Å²) in [6.07, 6.45) is -0.170. The number of nitrogens with two attached hydrogens (primary N) is 1. The van der Waals surface area contributed by atoms with Gasteiger partial charge in [-0.1, -0.05) is 13.8 Å². The van der Waals surface area contributed by atoms with Crippen LogP contribution in [0.1, 0.15) is 31.0 Å². The van der Waals surface area contributed by atoms with Crippen LogP contribution >= 0.6 is 0 Å². The maximum Gasteiger partial charge on any atom is 0.308 e. The molecule has 0 aliphatic rings. The number of carboxylic acids is 1. The number of methoxy groups -OCH3 is 1. The number of nitrogen functional groups attached to an aromatic ring is 1. The monoisotopic (exact) mass is 225 g/mol. The highest BCUT2D eigenvalue weighted by atomic mass is 16.5. The Bertz CT molecular complexity index is 405. The average Bonchev–Trinajstić information content (AvgIpc) is 2.19. The second kappa shape index (κ2) is 4.78. The summed E-state index contributed by atoms with van der Waals surface area (Å²) < 4.78 is 5.02. The second-order valence-electron chi connectivity index (χ2n) is 3.68. The first kappa shape index (κ1) is 12.2. The highest BCUT2D eigenvalue weighted by molar-refractivity contribution is 5.71. The quantitative estimate of drug-likeness (QED) is 0.787. The smallest absolute Gasteiger partial charge is 0.308 e. The van der Waals surface area contributed by atoms with Gasteiger partial charge in [0, 0.05) is 5.56 Å². The molecule has 0 unspecified atom stereocenters. The maximum atomic E-state index is 10.8. The summed E-state index contributed by atoms with van der Waals surface area (Å²) in [4.78, 5) is 18.7. The Kier molecular flexibility index (Phi) is 3.65. The lowest BCUT2D eigenvalue weighted by Crippen LogP contribution is -2.12. The van der Waals surface area contributed by atoms with Crippen LogP contribution in [0.15, 0.2) is 0 Å². The molecule has 0 aromatic carbocycles. The van der Waals surface area contributed by atoms with E-state index in [0.717, 1.165) is 0 Å². The summed E-state index contributed by atoms with van der Waals surface area (Å²) in [5.74, 6) is -0.560. The third kappa shape index (κ3) is 2.59. The first-order chi connectivity index (χ1) is 7.45. The van der Waals surface area contributed by atoms with Crippen molar-refractivity contribution in [1.82, 2.24) is 9.97 Å². The van der Waals surface area contributed by atoms with E-state index in [2.05, 4.69) is 9.97 Å². The molecule has 0 amide bonds. The number of ether oxygens (including phenoxy) is 1. The van der Waals surface area contributed by atoms with Gasteiger partial charge in [0.05, 0.1) is 19.2 Å². The second-order valence-corrected chi connectivity index (χ2v) is 3.68. The first-order valence-corrected chi connectivity index (χ1v) is 4.87. The van der Waals surface area contributed by atoms with Crippen molar-refractivity contribution in [3.63, 3.8) is 0 Å². The van der Waals surface area contributed by atoms with E-state index in [0.29, 0.717) is 11.3 Å². The average molecular weight is 225 g/mol. The summed E-state index contributed by atoms with van der Waals surface area (Å²) in [6, 6.07) is 0. The van der Waals surface area contributed by atoms with Crippen LogP contribution in [-0.4, -0.2) is 28.2 Å². The van der Waals surface area contributed by atoms with Crippen LogP contribution in [0.5, 0.6) is 5.88 Å². The van der Waals surface area contributed by atoms with Gasteiger partial charge in [-0.15, -0.1) is 0 Å². The highest BCUT2D eigenvalue weighted by Gasteiger charge is 2.18. The van der Waals surface area contributed by atoms with Gasteiger partial charge in [0.15, 0.2) is 0 Å². The molecule has 1 aromatic rings. The van der Waals surface area contributed by atoms with E-state index in [-0.39, 0.29) is 24.2 Å². The SMILES string of the molecule is COc1nc(N)nc(C(C)C)c1CC(=O)O. The van der Waals surface area contributed by atoms with E-state index >= 15 is 0 Å². The number of aromatic nitrogens is 2. The molecule has 0 saturated heterocycles. The van der Waals surface area contributed by atoms with E-state index < -0.39 is 5.97 Å². The molecule has 0 bridgehead atoms. The first-order valence-electron chi connectivity index (χ1n) is 4.87. The van der Waals surface area contributed by atoms with Gasteiger partial charge in [-0.25, -0.2) is 4.98 Å². The van der Waals surface area contributed by atoms with Crippen molar-refractivity contribution in [3.8, 4) is 5.88 Å². The summed E-state index contributed by atoms with van der Waals surface area (Å²) in [5.41, 5.74) is 6.63. The van der Waals surface area contributed by atoms with E-state index in [1.807, 2.05) is 13.8 Å². The number of hydrogen-bond acceptors (Lipinski definition) is 5. The molecule has 1 heterocycles. The molecular weight excluding hydrogens is 210 g/mol. The lowest BCUT2D eigenvalue weighted by atomic mass is 10.0. The van der Waals surface area contributed by atoms with Crippen molar-refractivity contribution < 1.29 is 14.6 Å². The predicted octanol–water partition coefficient (Wildman–Crippen LogP) is 0.818. The van der Waals surface area contributed by atoms with Crippen molar-refractivity contribution in [3.05, 3.63) is 11.3 Å². The third-order valence-electron chi connectivity index (χ3n) is 2.09. The number of aliphatic carboxylic acids is 1. The largest absolute Gasteiger partial charge is 0.481 e. The zero-order valence-corrected chi connectivity index (χ0v) is 9.52. The molecule has 6 heteroatoms. The minimum absolute atomic E-state index is 0.0635. The zero-order chi connectivity index (χ0) is 12.3. The zero-order valence-electron chi connectivity index (χ0n) is 9.52. The summed E-state index contributed by atoms with van der Waals surface area (Å²) in [6.45, 7) is 3.82. The van der Waals surface area contributed by atoms with Gasteiger partial charge >= 0.3 is 5.97 Å². The number of carboxylic acid groups (broad SMARTS) is 1. The van der Waals surface area contributed by atoms with Crippen molar-refractivity contribution in [1.29, 1.82) is 0 Å². The fraction of sp³-hybridized carbons (Fsp3) is 0.500. The van der Waals surface area contributed by atoms with E-state index in [1.165, 1.54) is 7.11 Å². The standard InChI is InChI=1S/C10H15N3O3/c1-5(2)8-6(4-7(14)15)9(16-3)13-10(11)12-8/h5H,4H2,1-3H3,(H,14,15)(H2,11,12,13). The fourth-order valence-electron chi connectivity index (χ4n) is 1.46. The summed E-state index contributed by atoms with van der Waals surface area (Å²) in [5, 5.41) is 8.82. The molecular formula is C10H15N3O3. The molecule has 3 N–H and O–H groups in total. The summed E-state index contributed by atoms with van der Waals surface area (Å²) in [7, 11) is 1.43. The number of rotatable bonds is 4. The van der Waals surface area contributed by atoms with Crippen molar-refractivity contribution in [2.75, 3.05) is 12.8 Å². The van der Waals surface area contributed by atoms with E-state index in [1.54, 1.807) is 0 Å². The molecule has 1 rings (SSSR count).